The summed E-state index contributed by atoms with van der Waals surface area (Å²) in [5, 5.41) is 14.1. The van der Waals surface area contributed by atoms with Crippen LogP contribution in [0.1, 0.15) is 6.92 Å². The minimum absolute atomic E-state index is 0.0836. The molecular formula is C12H18N4O3S. The van der Waals surface area contributed by atoms with Gasteiger partial charge in [-0.05, 0) is 6.92 Å². The second kappa shape index (κ2) is 6.78. The summed E-state index contributed by atoms with van der Waals surface area (Å²) in [7, 11) is 0. The van der Waals surface area contributed by atoms with Crippen LogP contribution in [-0.2, 0) is 9.59 Å². The number of amides is 1. The average molecular weight is 298 g/mol. The number of nitrogens with zero attached hydrogens (tertiary/aromatic N) is 3. The molecule has 0 spiro atoms. The van der Waals surface area contributed by atoms with E-state index in [1.807, 2.05) is 15.2 Å². The Bertz CT molecular complexity index is 457. The molecule has 1 aromatic rings. The van der Waals surface area contributed by atoms with E-state index in [-0.39, 0.29) is 5.91 Å². The first-order chi connectivity index (χ1) is 9.56. The van der Waals surface area contributed by atoms with Crippen LogP contribution < -0.4 is 5.32 Å². The van der Waals surface area contributed by atoms with Gasteiger partial charge in [-0.3, -0.25) is 19.4 Å². The van der Waals surface area contributed by atoms with Crippen LogP contribution in [0.4, 0.5) is 5.13 Å². The lowest BCUT2D eigenvalue weighted by Crippen LogP contribution is -2.52. The maximum absolute atomic E-state index is 11.8. The second-order valence-corrected chi connectivity index (χ2v) is 5.61. The van der Waals surface area contributed by atoms with Crippen molar-refractivity contribution in [3.05, 3.63) is 11.6 Å². The highest BCUT2D eigenvalue weighted by molar-refractivity contribution is 7.13. The van der Waals surface area contributed by atoms with Gasteiger partial charge in [-0.1, -0.05) is 0 Å². The summed E-state index contributed by atoms with van der Waals surface area (Å²) >= 11 is 1.39. The summed E-state index contributed by atoms with van der Waals surface area (Å²) in [6.07, 6.45) is 1.65. The molecule has 8 heteroatoms. The molecule has 110 valence electrons. The van der Waals surface area contributed by atoms with Crippen LogP contribution in [0.5, 0.6) is 0 Å². The fraction of sp³-hybridized carbons (Fsp3) is 0.583. The maximum atomic E-state index is 11.8. The van der Waals surface area contributed by atoms with Crippen molar-refractivity contribution in [1.82, 2.24) is 14.8 Å². The van der Waals surface area contributed by atoms with Crippen LogP contribution in [0.3, 0.4) is 0 Å². The van der Waals surface area contributed by atoms with Crippen molar-refractivity contribution in [1.29, 1.82) is 0 Å². The number of carbonyl (C=O) groups excluding carboxylic acids is 1. The molecule has 2 heterocycles. The van der Waals surface area contributed by atoms with Gasteiger partial charge in [-0.2, -0.15) is 0 Å². The van der Waals surface area contributed by atoms with Gasteiger partial charge in [0.05, 0.1) is 6.54 Å². The van der Waals surface area contributed by atoms with Crippen molar-refractivity contribution in [3.63, 3.8) is 0 Å². The van der Waals surface area contributed by atoms with E-state index in [1.165, 1.54) is 11.3 Å². The number of carboxylic acids is 1. The number of anilines is 1. The molecule has 1 aromatic heterocycles. The topological polar surface area (TPSA) is 85.8 Å². The Morgan fingerprint density at radius 2 is 2.15 bits per heavy atom. The van der Waals surface area contributed by atoms with Crippen LogP contribution in [0.2, 0.25) is 0 Å². The summed E-state index contributed by atoms with van der Waals surface area (Å²) in [5.41, 5.74) is 0. The lowest BCUT2D eigenvalue weighted by Gasteiger charge is -2.36. The number of carbonyl (C=O) groups is 2. The third kappa shape index (κ3) is 3.99. The quantitative estimate of drug-likeness (QED) is 0.806. The van der Waals surface area contributed by atoms with Gasteiger partial charge in [0.1, 0.15) is 6.04 Å². The Kier molecular flexibility index (Phi) is 5.05. The lowest BCUT2D eigenvalue weighted by molar-refractivity contribution is -0.143. The molecule has 1 unspecified atom stereocenters. The zero-order valence-corrected chi connectivity index (χ0v) is 12.1. The van der Waals surface area contributed by atoms with Crippen molar-refractivity contribution in [2.75, 3.05) is 38.0 Å². The molecule has 2 rings (SSSR count). The Balaban J connectivity index is 1.74. The number of piperazine rings is 1. The van der Waals surface area contributed by atoms with E-state index >= 15 is 0 Å². The summed E-state index contributed by atoms with van der Waals surface area (Å²) in [5.74, 6) is -0.889. The van der Waals surface area contributed by atoms with Gasteiger partial charge in [0.2, 0.25) is 5.91 Å². The number of hydrogen-bond donors (Lipinski definition) is 2. The molecule has 1 atom stereocenters. The van der Waals surface area contributed by atoms with Gasteiger partial charge in [-0.15, -0.1) is 11.3 Å². The van der Waals surface area contributed by atoms with Crippen LogP contribution in [0.25, 0.3) is 0 Å². The standard InChI is InChI=1S/C12H18N4O3S/c1-9(11(18)19)16-5-3-15(4-6-16)8-10(17)14-12-13-2-7-20-12/h2,7,9H,3-6,8H2,1H3,(H,18,19)(H,13,14,17). The predicted octanol–water partition coefficient (Wildman–Crippen LogP) is 0.172. The van der Waals surface area contributed by atoms with Crippen LogP contribution in [-0.4, -0.2) is 70.5 Å². The molecule has 2 N–H and O–H groups in total. The third-order valence-corrected chi connectivity index (χ3v) is 4.05. The third-order valence-electron chi connectivity index (χ3n) is 3.36. The number of rotatable bonds is 5. The molecule has 0 aromatic carbocycles. The molecule has 20 heavy (non-hydrogen) atoms. The first-order valence-corrected chi connectivity index (χ1v) is 7.33. The highest BCUT2D eigenvalue weighted by Gasteiger charge is 2.25. The van der Waals surface area contributed by atoms with Crippen LogP contribution in [0.15, 0.2) is 11.6 Å². The molecule has 0 bridgehead atoms. The Hall–Kier alpha value is -1.51. The molecule has 7 nitrogen and oxygen atoms in total. The zero-order valence-electron chi connectivity index (χ0n) is 11.3. The minimum atomic E-state index is -0.806. The van der Waals surface area contributed by atoms with Crippen molar-refractivity contribution in [2.45, 2.75) is 13.0 Å². The van der Waals surface area contributed by atoms with Gasteiger partial charge in [0.25, 0.3) is 0 Å². The number of aliphatic carboxylic acids is 1. The molecule has 1 aliphatic rings. The second-order valence-electron chi connectivity index (χ2n) is 4.71. The van der Waals surface area contributed by atoms with E-state index in [4.69, 9.17) is 5.11 Å². The Labute approximate surface area is 121 Å². The van der Waals surface area contributed by atoms with Gasteiger partial charge in [0.15, 0.2) is 5.13 Å². The Morgan fingerprint density at radius 3 is 2.70 bits per heavy atom. The molecule has 0 aliphatic carbocycles. The van der Waals surface area contributed by atoms with Gasteiger partial charge in [-0.25, -0.2) is 4.98 Å². The zero-order chi connectivity index (χ0) is 14.5. The maximum Gasteiger partial charge on any atom is 0.320 e. The molecule has 1 saturated heterocycles. The Morgan fingerprint density at radius 1 is 1.45 bits per heavy atom. The van der Waals surface area contributed by atoms with Gasteiger partial charge < -0.3 is 10.4 Å². The SMILES string of the molecule is CC(C(=O)O)N1CCN(CC(=O)Nc2nccs2)CC1. The molecule has 0 radical (unpaired) electrons. The lowest BCUT2D eigenvalue weighted by atomic mass is 10.2. The minimum Gasteiger partial charge on any atom is -0.480 e. The number of aromatic nitrogens is 1. The largest absolute Gasteiger partial charge is 0.480 e. The summed E-state index contributed by atoms with van der Waals surface area (Å²) < 4.78 is 0. The van der Waals surface area contributed by atoms with Crippen LogP contribution in [0, 0.1) is 0 Å². The number of nitrogens with one attached hydrogen (secondary N) is 1. The van der Waals surface area contributed by atoms with Crippen molar-refractivity contribution in [3.8, 4) is 0 Å². The number of hydrogen-bond acceptors (Lipinski definition) is 6. The van der Waals surface area contributed by atoms with Crippen molar-refractivity contribution in [2.24, 2.45) is 0 Å². The summed E-state index contributed by atoms with van der Waals surface area (Å²) in [6, 6.07) is -0.471. The van der Waals surface area contributed by atoms with Crippen molar-refractivity contribution >= 4 is 28.3 Å². The molecule has 1 fully saturated rings. The summed E-state index contributed by atoms with van der Waals surface area (Å²) in [4.78, 5) is 30.7. The summed E-state index contributed by atoms with van der Waals surface area (Å²) in [6.45, 7) is 4.73. The van der Waals surface area contributed by atoms with Crippen molar-refractivity contribution < 1.29 is 14.7 Å². The fourth-order valence-corrected chi connectivity index (χ4v) is 2.66. The van der Waals surface area contributed by atoms with E-state index in [2.05, 4.69) is 10.3 Å². The number of thiazole rings is 1. The normalized spacial score (nSPS) is 18.6. The molecule has 1 aliphatic heterocycles. The molecule has 1 amide bonds. The predicted molar refractivity (Wildman–Crippen MR) is 75.9 cm³/mol. The van der Waals surface area contributed by atoms with E-state index < -0.39 is 12.0 Å². The molecular weight excluding hydrogens is 280 g/mol. The highest BCUT2D eigenvalue weighted by atomic mass is 32.1. The van der Waals surface area contributed by atoms with E-state index in [1.54, 1.807) is 13.1 Å². The molecule has 0 saturated carbocycles. The average Bonchev–Trinajstić information content (AvgIpc) is 2.91. The van der Waals surface area contributed by atoms with E-state index in [0.717, 1.165) is 0 Å². The first kappa shape index (κ1) is 14.9. The van der Waals surface area contributed by atoms with Gasteiger partial charge >= 0.3 is 5.97 Å². The first-order valence-electron chi connectivity index (χ1n) is 6.45. The van der Waals surface area contributed by atoms with E-state index in [0.29, 0.717) is 37.9 Å². The fourth-order valence-electron chi connectivity index (χ4n) is 2.11. The van der Waals surface area contributed by atoms with E-state index in [9.17, 15) is 9.59 Å². The highest BCUT2D eigenvalue weighted by Crippen LogP contribution is 2.11. The monoisotopic (exact) mass is 298 g/mol. The van der Waals surface area contributed by atoms with Gasteiger partial charge in [0, 0.05) is 37.8 Å². The number of carboxylic acid groups (broad SMARTS) is 1. The smallest absolute Gasteiger partial charge is 0.320 e. The van der Waals surface area contributed by atoms with Crippen LogP contribution >= 0.6 is 11.3 Å².